The van der Waals surface area contributed by atoms with Crippen LogP contribution in [0, 0.1) is 5.82 Å². The molecule has 0 unspecified atom stereocenters. The molecule has 0 saturated heterocycles. The normalized spacial score (nSPS) is 11.6. The number of ether oxygens (including phenoxy) is 1. The van der Waals surface area contributed by atoms with Crippen LogP contribution in [0.2, 0.25) is 5.02 Å². The summed E-state index contributed by atoms with van der Waals surface area (Å²) in [5.41, 5.74) is 0.485. The molecule has 0 saturated carbocycles. The minimum Gasteiger partial charge on any atom is -0.497 e. The van der Waals surface area contributed by atoms with Crippen LogP contribution in [0.5, 0.6) is 5.75 Å². The van der Waals surface area contributed by atoms with Gasteiger partial charge in [-0.2, -0.15) is 0 Å². The molecule has 0 aliphatic carbocycles. The van der Waals surface area contributed by atoms with Crippen molar-refractivity contribution in [2.24, 2.45) is 0 Å². The Morgan fingerprint density at radius 2 is 1.77 bits per heavy atom. The predicted molar refractivity (Wildman–Crippen MR) is 117 cm³/mol. The zero-order chi connectivity index (χ0) is 22.2. The first kappa shape index (κ1) is 21.1. The van der Waals surface area contributed by atoms with Gasteiger partial charge in [0.15, 0.2) is 0 Å². The van der Waals surface area contributed by atoms with E-state index < -0.39 is 26.0 Å². The van der Waals surface area contributed by atoms with Crippen molar-refractivity contribution >= 4 is 32.3 Å². The molecule has 0 fully saturated rings. The number of rotatable bonds is 5. The van der Waals surface area contributed by atoms with Gasteiger partial charge in [-0.15, -0.1) is 0 Å². The number of halogens is 2. The van der Waals surface area contributed by atoms with E-state index in [0.29, 0.717) is 16.3 Å². The summed E-state index contributed by atoms with van der Waals surface area (Å²) < 4.78 is 47.3. The molecule has 0 aliphatic rings. The lowest BCUT2D eigenvalue weighted by Crippen LogP contribution is -2.20. The SMILES string of the molecule is COc1cccc(Cn2cc(S(=O)(=O)c3ccc(Cl)cc3)c(=O)c3cc(F)ccc32)c1. The second-order valence-corrected chi connectivity index (χ2v) is 9.28. The fourth-order valence-corrected chi connectivity index (χ4v) is 4.87. The highest BCUT2D eigenvalue weighted by atomic mass is 35.5. The molecule has 0 radical (unpaired) electrons. The predicted octanol–water partition coefficient (Wildman–Crippen LogP) is 4.68. The van der Waals surface area contributed by atoms with Crippen molar-refractivity contribution in [2.75, 3.05) is 7.11 Å². The summed E-state index contributed by atoms with van der Waals surface area (Å²) in [4.78, 5) is 12.6. The lowest BCUT2D eigenvalue weighted by molar-refractivity contribution is 0.414. The van der Waals surface area contributed by atoms with Crippen LogP contribution in [0.4, 0.5) is 4.39 Å². The molecule has 8 heteroatoms. The molecule has 4 rings (SSSR count). The Labute approximate surface area is 183 Å². The van der Waals surface area contributed by atoms with E-state index in [9.17, 15) is 17.6 Å². The number of aromatic nitrogens is 1. The van der Waals surface area contributed by atoms with E-state index >= 15 is 0 Å². The van der Waals surface area contributed by atoms with Crippen LogP contribution in [0.3, 0.4) is 0 Å². The molecular weight excluding hydrogens is 441 g/mol. The number of hydrogen-bond acceptors (Lipinski definition) is 4. The van der Waals surface area contributed by atoms with E-state index in [1.165, 1.54) is 42.6 Å². The second-order valence-electron chi connectivity index (χ2n) is 6.92. The largest absolute Gasteiger partial charge is 0.497 e. The van der Waals surface area contributed by atoms with Crippen molar-refractivity contribution in [3.8, 4) is 5.75 Å². The highest BCUT2D eigenvalue weighted by molar-refractivity contribution is 7.91. The van der Waals surface area contributed by atoms with Crippen molar-refractivity contribution in [1.29, 1.82) is 0 Å². The van der Waals surface area contributed by atoms with E-state index in [1.807, 2.05) is 12.1 Å². The zero-order valence-corrected chi connectivity index (χ0v) is 18.0. The van der Waals surface area contributed by atoms with Gasteiger partial charge in [0, 0.05) is 23.2 Å². The van der Waals surface area contributed by atoms with Gasteiger partial charge in [-0.25, -0.2) is 12.8 Å². The number of methoxy groups -OCH3 is 1. The van der Waals surface area contributed by atoms with Gasteiger partial charge >= 0.3 is 0 Å². The standard InChI is InChI=1S/C23H17ClFNO4S/c1-30-18-4-2-3-15(11-18)13-26-14-22(23(27)20-12-17(25)7-10-21(20)26)31(28,29)19-8-5-16(24)6-9-19/h2-12,14H,13H2,1H3. The summed E-state index contributed by atoms with van der Waals surface area (Å²) in [5.74, 6) is 0.0153. The molecular formula is C23H17ClFNO4S. The Morgan fingerprint density at radius 1 is 1.03 bits per heavy atom. The van der Waals surface area contributed by atoms with Gasteiger partial charge in [0.2, 0.25) is 15.3 Å². The van der Waals surface area contributed by atoms with Crippen LogP contribution in [0.15, 0.2) is 87.5 Å². The molecule has 0 spiro atoms. The van der Waals surface area contributed by atoms with Gasteiger partial charge in [0.25, 0.3) is 0 Å². The molecule has 0 bridgehead atoms. The van der Waals surface area contributed by atoms with E-state index in [4.69, 9.17) is 16.3 Å². The Balaban J connectivity index is 1.95. The number of pyridine rings is 1. The summed E-state index contributed by atoms with van der Waals surface area (Å²) in [7, 11) is -2.61. The lowest BCUT2D eigenvalue weighted by Gasteiger charge is -2.15. The Morgan fingerprint density at radius 3 is 2.48 bits per heavy atom. The number of fused-ring (bicyclic) bond motifs is 1. The van der Waals surface area contributed by atoms with E-state index in [-0.39, 0.29) is 16.8 Å². The van der Waals surface area contributed by atoms with Gasteiger partial charge in [-0.1, -0.05) is 23.7 Å². The van der Waals surface area contributed by atoms with Crippen LogP contribution in [0.25, 0.3) is 10.9 Å². The highest BCUT2D eigenvalue weighted by Gasteiger charge is 2.24. The molecule has 31 heavy (non-hydrogen) atoms. The molecule has 0 N–H and O–H groups in total. The zero-order valence-electron chi connectivity index (χ0n) is 16.4. The lowest BCUT2D eigenvalue weighted by atomic mass is 10.1. The average molecular weight is 458 g/mol. The minimum absolute atomic E-state index is 0.0158. The Kier molecular flexibility index (Phi) is 5.56. The first-order valence-electron chi connectivity index (χ1n) is 9.26. The van der Waals surface area contributed by atoms with Crippen LogP contribution in [-0.4, -0.2) is 20.1 Å². The van der Waals surface area contributed by atoms with Crippen molar-refractivity contribution in [3.63, 3.8) is 0 Å². The molecule has 4 aromatic rings. The van der Waals surface area contributed by atoms with Crippen molar-refractivity contribution < 1.29 is 17.5 Å². The fourth-order valence-electron chi connectivity index (χ4n) is 3.37. The van der Waals surface area contributed by atoms with E-state index in [1.54, 1.807) is 23.8 Å². The van der Waals surface area contributed by atoms with Gasteiger partial charge < -0.3 is 9.30 Å². The summed E-state index contributed by atoms with van der Waals surface area (Å²) in [5, 5.41) is 0.355. The summed E-state index contributed by atoms with van der Waals surface area (Å²) in [6, 6.07) is 16.5. The minimum atomic E-state index is -4.16. The first-order chi connectivity index (χ1) is 14.8. The van der Waals surface area contributed by atoms with Crippen LogP contribution in [0.1, 0.15) is 5.56 Å². The molecule has 1 heterocycles. The number of nitrogens with zero attached hydrogens (tertiary/aromatic N) is 1. The number of benzene rings is 3. The summed E-state index contributed by atoms with van der Waals surface area (Å²) in [6.45, 7) is 0.253. The summed E-state index contributed by atoms with van der Waals surface area (Å²) >= 11 is 5.86. The smallest absolute Gasteiger partial charge is 0.211 e. The van der Waals surface area contributed by atoms with Crippen LogP contribution < -0.4 is 10.2 Å². The maximum atomic E-state index is 13.9. The average Bonchev–Trinajstić information content (AvgIpc) is 2.76. The molecule has 0 atom stereocenters. The van der Waals surface area contributed by atoms with Gasteiger partial charge in [-0.3, -0.25) is 4.79 Å². The molecule has 0 amide bonds. The monoisotopic (exact) mass is 457 g/mol. The fraction of sp³-hybridized carbons (Fsp3) is 0.0870. The van der Waals surface area contributed by atoms with Gasteiger partial charge in [-0.05, 0) is 60.2 Å². The number of hydrogen-bond donors (Lipinski definition) is 0. The molecule has 3 aromatic carbocycles. The first-order valence-corrected chi connectivity index (χ1v) is 11.1. The third kappa shape index (κ3) is 4.06. The van der Waals surface area contributed by atoms with Crippen LogP contribution >= 0.6 is 11.6 Å². The Bertz CT molecular complexity index is 1450. The number of sulfone groups is 1. The molecule has 158 valence electrons. The molecule has 5 nitrogen and oxygen atoms in total. The maximum Gasteiger partial charge on any atom is 0.211 e. The Hall–Kier alpha value is -3.16. The second kappa shape index (κ2) is 8.17. The third-order valence-corrected chi connectivity index (χ3v) is 6.92. The van der Waals surface area contributed by atoms with Crippen molar-refractivity contribution in [3.05, 3.63) is 99.6 Å². The quantitative estimate of drug-likeness (QED) is 0.436. The van der Waals surface area contributed by atoms with Crippen molar-refractivity contribution in [2.45, 2.75) is 16.3 Å². The van der Waals surface area contributed by atoms with Crippen LogP contribution in [-0.2, 0) is 16.4 Å². The molecule has 1 aromatic heterocycles. The third-order valence-electron chi connectivity index (χ3n) is 4.91. The van der Waals surface area contributed by atoms with E-state index in [0.717, 1.165) is 11.6 Å². The maximum absolute atomic E-state index is 13.9. The highest BCUT2D eigenvalue weighted by Crippen LogP contribution is 2.24. The topological polar surface area (TPSA) is 65.4 Å². The van der Waals surface area contributed by atoms with Gasteiger partial charge in [0.05, 0.1) is 17.5 Å². The van der Waals surface area contributed by atoms with Crippen molar-refractivity contribution in [1.82, 2.24) is 4.57 Å². The van der Waals surface area contributed by atoms with Gasteiger partial charge in [0.1, 0.15) is 16.5 Å². The van der Waals surface area contributed by atoms with E-state index in [2.05, 4.69) is 0 Å². The summed E-state index contributed by atoms with van der Waals surface area (Å²) in [6.07, 6.45) is 1.30. The molecule has 0 aliphatic heterocycles.